The molecule has 1 aromatic heterocycles. The molecular formula is C20H18N2O2. The van der Waals surface area contributed by atoms with Crippen molar-refractivity contribution in [3.63, 3.8) is 0 Å². The van der Waals surface area contributed by atoms with E-state index in [0.29, 0.717) is 6.54 Å². The average molecular weight is 318 g/mol. The number of para-hydroxylation sites is 1. The standard InChI is InChI=1S/C20H18N2O2/c1-15-12-19(23)18(13-21-15)20(24)22(17-10-6-3-7-11-17)14-16-8-4-2-5-9-16/h2-13H,14H2,1H3,(H,21,23). The number of H-pyrrole nitrogens is 1. The van der Waals surface area contributed by atoms with Crippen molar-refractivity contribution in [2.45, 2.75) is 13.5 Å². The molecule has 4 nitrogen and oxygen atoms in total. The van der Waals surface area contributed by atoms with E-state index in [1.165, 1.54) is 12.3 Å². The summed E-state index contributed by atoms with van der Waals surface area (Å²) < 4.78 is 0. The van der Waals surface area contributed by atoms with Crippen LogP contribution in [0.2, 0.25) is 0 Å². The molecule has 0 aliphatic carbocycles. The zero-order valence-electron chi connectivity index (χ0n) is 13.4. The fourth-order valence-corrected chi connectivity index (χ4v) is 2.54. The van der Waals surface area contributed by atoms with Crippen LogP contribution in [0.5, 0.6) is 0 Å². The molecule has 0 aliphatic rings. The number of pyridine rings is 1. The fourth-order valence-electron chi connectivity index (χ4n) is 2.54. The van der Waals surface area contributed by atoms with Gasteiger partial charge >= 0.3 is 0 Å². The molecule has 0 fully saturated rings. The first kappa shape index (κ1) is 15.7. The van der Waals surface area contributed by atoms with Gasteiger partial charge in [-0.15, -0.1) is 0 Å². The number of hydrogen-bond acceptors (Lipinski definition) is 2. The highest BCUT2D eigenvalue weighted by atomic mass is 16.2. The van der Waals surface area contributed by atoms with Crippen LogP contribution in [0, 0.1) is 6.92 Å². The van der Waals surface area contributed by atoms with Crippen molar-refractivity contribution in [3.05, 3.63) is 100.0 Å². The van der Waals surface area contributed by atoms with Gasteiger partial charge in [0.05, 0.1) is 6.54 Å². The summed E-state index contributed by atoms with van der Waals surface area (Å²) in [4.78, 5) is 29.8. The van der Waals surface area contributed by atoms with Gasteiger partial charge in [-0.2, -0.15) is 0 Å². The highest BCUT2D eigenvalue weighted by Gasteiger charge is 2.20. The number of aryl methyl sites for hydroxylation is 1. The number of aromatic amines is 1. The molecule has 0 atom stereocenters. The van der Waals surface area contributed by atoms with E-state index in [1.807, 2.05) is 60.7 Å². The molecule has 24 heavy (non-hydrogen) atoms. The molecule has 1 N–H and O–H groups in total. The molecule has 3 rings (SSSR count). The maximum atomic E-state index is 13.0. The quantitative estimate of drug-likeness (QED) is 0.800. The van der Waals surface area contributed by atoms with Crippen LogP contribution in [-0.4, -0.2) is 10.9 Å². The largest absolute Gasteiger partial charge is 0.364 e. The highest BCUT2D eigenvalue weighted by molar-refractivity contribution is 6.05. The Labute approximate surface area is 140 Å². The van der Waals surface area contributed by atoms with E-state index in [1.54, 1.807) is 11.8 Å². The second kappa shape index (κ2) is 6.96. The van der Waals surface area contributed by atoms with Crippen molar-refractivity contribution in [1.82, 2.24) is 4.98 Å². The lowest BCUT2D eigenvalue weighted by Crippen LogP contribution is -2.34. The molecule has 0 saturated carbocycles. The van der Waals surface area contributed by atoms with E-state index in [-0.39, 0.29) is 16.9 Å². The van der Waals surface area contributed by atoms with Gasteiger partial charge < -0.3 is 9.88 Å². The summed E-state index contributed by atoms with van der Waals surface area (Å²) >= 11 is 0. The number of anilines is 1. The van der Waals surface area contributed by atoms with Gasteiger partial charge in [0.15, 0.2) is 5.43 Å². The summed E-state index contributed by atoms with van der Waals surface area (Å²) in [6.07, 6.45) is 1.49. The SMILES string of the molecule is Cc1cc(=O)c(C(=O)N(Cc2ccccc2)c2ccccc2)c[nH]1. The van der Waals surface area contributed by atoms with Gasteiger partial charge in [-0.3, -0.25) is 9.59 Å². The molecular weight excluding hydrogens is 300 g/mol. The van der Waals surface area contributed by atoms with Crippen molar-refractivity contribution in [2.24, 2.45) is 0 Å². The number of carbonyl (C=O) groups is 1. The summed E-state index contributed by atoms with van der Waals surface area (Å²) in [5, 5.41) is 0. The Morgan fingerprint density at radius 3 is 2.25 bits per heavy atom. The Morgan fingerprint density at radius 1 is 1.00 bits per heavy atom. The molecule has 0 aliphatic heterocycles. The van der Waals surface area contributed by atoms with Crippen molar-refractivity contribution < 1.29 is 4.79 Å². The molecule has 3 aromatic rings. The third kappa shape index (κ3) is 3.43. The van der Waals surface area contributed by atoms with Crippen molar-refractivity contribution >= 4 is 11.6 Å². The Kier molecular flexibility index (Phi) is 4.57. The first-order valence-electron chi connectivity index (χ1n) is 7.75. The summed E-state index contributed by atoms with van der Waals surface area (Å²) in [5.74, 6) is -0.314. The van der Waals surface area contributed by atoms with Crippen LogP contribution < -0.4 is 10.3 Å². The fraction of sp³-hybridized carbons (Fsp3) is 0.100. The van der Waals surface area contributed by atoms with Crippen LogP contribution in [0.15, 0.2) is 77.7 Å². The maximum absolute atomic E-state index is 13.0. The topological polar surface area (TPSA) is 53.2 Å². The van der Waals surface area contributed by atoms with Gasteiger partial charge in [0, 0.05) is 23.6 Å². The van der Waals surface area contributed by atoms with Crippen LogP contribution in [0.1, 0.15) is 21.6 Å². The normalized spacial score (nSPS) is 10.4. The van der Waals surface area contributed by atoms with Crippen molar-refractivity contribution in [3.8, 4) is 0 Å². The van der Waals surface area contributed by atoms with Crippen LogP contribution in [0.4, 0.5) is 5.69 Å². The number of hydrogen-bond donors (Lipinski definition) is 1. The van der Waals surface area contributed by atoms with Crippen LogP contribution in [0.3, 0.4) is 0 Å². The van der Waals surface area contributed by atoms with Gasteiger partial charge in [0.25, 0.3) is 5.91 Å². The van der Waals surface area contributed by atoms with E-state index in [9.17, 15) is 9.59 Å². The first-order valence-corrected chi connectivity index (χ1v) is 7.75. The van der Waals surface area contributed by atoms with Crippen molar-refractivity contribution in [2.75, 3.05) is 4.90 Å². The zero-order valence-corrected chi connectivity index (χ0v) is 13.4. The number of benzene rings is 2. The molecule has 0 unspecified atom stereocenters. The molecule has 0 spiro atoms. The van der Waals surface area contributed by atoms with Crippen LogP contribution >= 0.6 is 0 Å². The molecule has 0 bridgehead atoms. The number of amides is 1. The highest BCUT2D eigenvalue weighted by Crippen LogP contribution is 2.19. The zero-order chi connectivity index (χ0) is 16.9. The summed E-state index contributed by atoms with van der Waals surface area (Å²) in [7, 11) is 0. The molecule has 1 amide bonds. The second-order valence-electron chi connectivity index (χ2n) is 5.61. The first-order chi connectivity index (χ1) is 11.6. The minimum Gasteiger partial charge on any atom is -0.364 e. The lowest BCUT2D eigenvalue weighted by atomic mass is 10.1. The van der Waals surface area contributed by atoms with Crippen LogP contribution in [0.25, 0.3) is 0 Å². The molecule has 4 heteroatoms. The monoisotopic (exact) mass is 318 g/mol. The van der Waals surface area contributed by atoms with E-state index in [2.05, 4.69) is 4.98 Å². The smallest absolute Gasteiger partial charge is 0.264 e. The Hall–Kier alpha value is -3.14. The van der Waals surface area contributed by atoms with Crippen LogP contribution in [-0.2, 0) is 6.54 Å². The van der Waals surface area contributed by atoms with E-state index in [0.717, 1.165) is 16.9 Å². The number of nitrogens with zero attached hydrogens (tertiary/aromatic N) is 1. The summed E-state index contributed by atoms with van der Waals surface area (Å²) in [5.41, 5.74) is 2.35. The second-order valence-corrected chi connectivity index (χ2v) is 5.61. The van der Waals surface area contributed by atoms with Gasteiger partial charge in [0.2, 0.25) is 0 Å². The summed E-state index contributed by atoms with van der Waals surface area (Å²) in [6.45, 7) is 2.19. The molecule has 1 heterocycles. The number of aromatic nitrogens is 1. The predicted molar refractivity (Wildman–Crippen MR) is 95.2 cm³/mol. The van der Waals surface area contributed by atoms with Gasteiger partial charge in [-0.25, -0.2) is 0 Å². The molecule has 120 valence electrons. The minimum absolute atomic E-state index is 0.139. The minimum atomic E-state index is -0.314. The van der Waals surface area contributed by atoms with Gasteiger partial charge in [-0.05, 0) is 24.6 Å². The van der Waals surface area contributed by atoms with Crippen molar-refractivity contribution in [1.29, 1.82) is 0 Å². The Bertz CT molecular complexity index is 886. The average Bonchev–Trinajstić information content (AvgIpc) is 2.61. The van der Waals surface area contributed by atoms with E-state index < -0.39 is 0 Å². The lowest BCUT2D eigenvalue weighted by molar-refractivity contribution is 0.0984. The lowest BCUT2D eigenvalue weighted by Gasteiger charge is -2.23. The third-order valence-corrected chi connectivity index (χ3v) is 3.78. The molecule has 0 saturated heterocycles. The Morgan fingerprint density at radius 2 is 1.62 bits per heavy atom. The maximum Gasteiger partial charge on any atom is 0.264 e. The number of nitrogens with one attached hydrogen (secondary N) is 1. The van der Waals surface area contributed by atoms with Gasteiger partial charge in [-0.1, -0.05) is 48.5 Å². The summed E-state index contributed by atoms with van der Waals surface area (Å²) in [6, 6.07) is 20.5. The molecule has 0 radical (unpaired) electrons. The van der Waals surface area contributed by atoms with Gasteiger partial charge in [0.1, 0.15) is 5.56 Å². The molecule has 2 aromatic carbocycles. The Balaban J connectivity index is 2.01. The number of carbonyl (C=O) groups excluding carboxylic acids is 1. The van der Waals surface area contributed by atoms with E-state index in [4.69, 9.17) is 0 Å². The van der Waals surface area contributed by atoms with E-state index >= 15 is 0 Å². The predicted octanol–water partition coefficient (Wildman–Crippen LogP) is 3.53. The third-order valence-electron chi connectivity index (χ3n) is 3.78. The number of rotatable bonds is 4.